The van der Waals surface area contributed by atoms with Crippen molar-refractivity contribution in [3.63, 3.8) is 0 Å². The monoisotopic (exact) mass is 474 g/mol. The molecule has 0 fully saturated rings. The smallest absolute Gasteiger partial charge is 0.329 e. The number of rotatable bonds is 8. The van der Waals surface area contributed by atoms with Crippen molar-refractivity contribution < 1.29 is 23.9 Å². The third kappa shape index (κ3) is 7.43. The molecule has 9 nitrogen and oxygen atoms in total. The lowest BCUT2D eigenvalue weighted by atomic mass is 10.1. The van der Waals surface area contributed by atoms with Gasteiger partial charge in [0, 0.05) is 11.4 Å². The van der Waals surface area contributed by atoms with Gasteiger partial charge in [0.1, 0.15) is 11.5 Å². The number of benzene rings is 3. The van der Waals surface area contributed by atoms with Gasteiger partial charge in [-0.2, -0.15) is 5.10 Å². The molecule has 180 valence electrons. The van der Waals surface area contributed by atoms with Crippen molar-refractivity contribution in [2.24, 2.45) is 5.10 Å². The normalized spacial score (nSPS) is 10.5. The van der Waals surface area contributed by atoms with Crippen molar-refractivity contribution in [3.05, 3.63) is 83.4 Å². The van der Waals surface area contributed by atoms with Gasteiger partial charge in [0.25, 0.3) is 5.91 Å². The summed E-state index contributed by atoms with van der Waals surface area (Å²) in [4.78, 5) is 36.3. The van der Waals surface area contributed by atoms with Crippen LogP contribution in [0.15, 0.2) is 71.8 Å². The molecule has 0 radical (unpaired) electrons. The van der Waals surface area contributed by atoms with E-state index in [4.69, 9.17) is 9.47 Å². The lowest BCUT2D eigenvalue weighted by molar-refractivity contribution is -0.136. The summed E-state index contributed by atoms with van der Waals surface area (Å²) in [7, 11) is 1.53. The number of amides is 3. The standard InChI is InChI=1S/C26H26N4O5/c1-17-6-4-7-18(2)24(17)29-23(31)16-35-22-9-5-8-19(14-22)15-27-30-26(33)25(32)28-20-10-12-21(34-3)13-11-20/h4-15H,16H2,1-3H3,(H,28,32)(H,29,31)(H,30,33)/b27-15-. The quantitative estimate of drug-likeness (QED) is 0.263. The molecule has 0 atom stereocenters. The average molecular weight is 475 g/mol. The predicted molar refractivity (Wildman–Crippen MR) is 134 cm³/mol. The van der Waals surface area contributed by atoms with Crippen LogP contribution in [0.3, 0.4) is 0 Å². The third-order valence-corrected chi connectivity index (χ3v) is 4.91. The van der Waals surface area contributed by atoms with Gasteiger partial charge in [-0.05, 0) is 66.9 Å². The van der Waals surface area contributed by atoms with E-state index >= 15 is 0 Å². The molecule has 35 heavy (non-hydrogen) atoms. The molecule has 3 aromatic carbocycles. The van der Waals surface area contributed by atoms with Crippen LogP contribution in [0, 0.1) is 13.8 Å². The highest BCUT2D eigenvalue weighted by molar-refractivity contribution is 6.39. The number of aryl methyl sites for hydroxylation is 2. The second kappa shape index (κ2) is 12.0. The Hall–Kier alpha value is -4.66. The minimum atomic E-state index is -0.923. The number of carbonyl (C=O) groups is 3. The number of ether oxygens (including phenoxy) is 2. The van der Waals surface area contributed by atoms with Crippen LogP contribution >= 0.6 is 0 Å². The zero-order valence-electron chi connectivity index (χ0n) is 19.6. The number of methoxy groups -OCH3 is 1. The maximum absolute atomic E-state index is 12.3. The molecule has 0 saturated heterocycles. The Morgan fingerprint density at radius 2 is 1.54 bits per heavy atom. The van der Waals surface area contributed by atoms with Crippen LogP contribution in [-0.4, -0.2) is 37.7 Å². The third-order valence-electron chi connectivity index (χ3n) is 4.91. The fourth-order valence-corrected chi connectivity index (χ4v) is 3.10. The van der Waals surface area contributed by atoms with E-state index in [0.717, 1.165) is 16.8 Å². The first kappa shape index (κ1) is 25.0. The van der Waals surface area contributed by atoms with Crippen LogP contribution in [0.2, 0.25) is 0 Å². The first-order valence-corrected chi connectivity index (χ1v) is 10.7. The van der Waals surface area contributed by atoms with Gasteiger partial charge in [-0.1, -0.05) is 30.3 Å². The van der Waals surface area contributed by atoms with E-state index in [2.05, 4.69) is 21.2 Å². The number of hydrogen-bond acceptors (Lipinski definition) is 6. The number of anilines is 2. The maximum atomic E-state index is 12.3. The van der Waals surface area contributed by atoms with Gasteiger partial charge in [-0.25, -0.2) is 5.43 Å². The summed E-state index contributed by atoms with van der Waals surface area (Å²) in [5.41, 5.74) is 5.93. The molecule has 0 unspecified atom stereocenters. The molecule has 0 aromatic heterocycles. The Labute approximate surface area is 203 Å². The molecule has 0 aliphatic heterocycles. The van der Waals surface area contributed by atoms with Crippen LogP contribution in [0.4, 0.5) is 11.4 Å². The molecule has 3 rings (SSSR count). The molecule has 0 aliphatic rings. The summed E-state index contributed by atoms with van der Waals surface area (Å²) in [5.74, 6) is -0.983. The van der Waals surface area contributed by atoms with Gasteiger partial charge in [-0.15, -0.1) is 0 Å². The molecule has 3 aromatic rings. The number of nitrogens with zero attached hydrogens (tertiary/aromatic N) is 1. The molecule has 0 heterocycles. The van der Waals surface area contributed by atoms with Crippen molar-refractivity contribution in [2.45, 2.75) is 13.8 Å². The topological polar surface area (TPSA) is 118 Å². The molecular formula is C26H26N4O5. The predicted octanol–water partition coefficient (Wildman–Crippen LogP) is 3.42. The van der Waals surface area contributed by atoms with Gasteiger partial charge in [-0.3, -0.25) is 14.4 Å². The second-order valence-electron chi connectivity index (χ2n) is 7.56. The van der Waals surface area contributed by atoms with Crippen molar-refractivity contribution >= 4 is 35.3 Å². The summed E-state index contributed by atoms with van der Waals surface area (Å²) in [6.07, 6.45) is 1.36. The van der Waals surface area contributed by atoms with E-state index in [-0.39, 0.29) is 12.5 Å². The van der Waals surface area contributed by atoms with Crippen LogP contribution in [0.5, 0.6) is 11.5 Å². The van der Waals surface area contributed by atoms with Crippen molar-refractivity contribution in [2.75, 3.05) is 24.4 Å². The van der Waals surface area contributed by atoms with E-state index < -0.39 is 11.8 Å². The molecule has 0 bridgehead atoms. The molecule has 0 spiro atoms. The van der Waals surface area contributed by atoms with Crippen molar-refractivity contribution in [1.82, 2.24) is 5.43 Å². The van der Waals surface area contributed by atoms with E-state index in [1.807, 2.05) is 32.0 Å². The summed E-state index contributed by atoms with van der Waals surface area (Å²) in [6, 6.07) is 19.1. The van der Waals surface area contributed by atoms with Crippen LogP contribution in [0.25, 0.3) is 0 Å². The summed E-state index contributed by atoms with van der Waals surface area (Å²) in [5, 5.41) is 9.13. The van der Waals surface area contributed by atoms with Crippen LogP contribution in [-0.2, 0) is 14.4 Å². The zero-order chi connectivity index (χ0) is 25.2. The van der Waals surface area contributed by atoms with Crippen LogP contribution in [0.1, 0.15) is 16.7 Å². The Morgan fingerprint density at radius 1 is 0.857 bits per heavy atom. The minimum Gasteiger partial charge on any atom is -0.497 e. The number of nitrogens with one attached hydrogen (secondary N) is 3. The lowest BCUT2D eigenvalue weighted by Crippen LogP contribution is -2.32. The van der Waals surface area contributed by atoms with Gasteiger partial charge in [0.05, 0.1) is 13.3 Å². The van der Waals surface area contributed by atoms with Gasteiger partial charge in [0.15, 0.2) is 6.61 Å². The fourth-order valence-electron chi connectivity index (χ4n) is 3.10. The molecule has 0 aliphatic carbocycles. The summed E-state index contributed by atoms with van der Waals surface area (Å²) < 4.78 is 10.6. The molecule has 9 heteroatoms. The van der Waals surface area contributed by atoms with Crippen LogP contribution < -0.4 is 25.5 Å². The first-order valence-electron chi connectivity index (χ1n) is 10.7. The van der Waals surface area contributed by atoms with E-state index in [1.54, 1.807) is 48.5 Å². The summed E-state index contributed by atoms with van der Waals surface area (Å²) >= 11 is 0. The Bertz CT molecular complexity index is 1220. The highest BCUT2D eigenvalue weighted by atomic mass is 16.5. The number of carbonyl (C=O) groups excluding carboxylic acids is 3. The highest BCUT2D eigenvalue weighted by Gasteiger charge is 2.13. The molecular weight excluding hydrogens is 448 g/mol. The molecule has 0 saturated carbocycles. The largest absolute Gasteiger partial charge is 0.497 e. The number of hydrogen-bond donors (Lipinski definition) is 3. The Balaban J connectivity index is 1.49. The highest BCUT2D eigenvalue weighted by Crippen LogP contribution is 2.19. The molecule has 3 N–H and O–H groups in total. The van der Waals surface area contributed by atoms with E-state index in [9.17, 15) is 14.4 Å². The zero-order valence-corrected chi connectivity index (χ0v) is 19.6. The van der Waals surface area contributed by atoms with Crippen molar-refractivity contribution in [3.8, 4) is 11.5 Å². The second-order valence-corrected chi connectivity index (χ2v) is 7.56. The van der Waals surface area contributed by atoms with Gasteiger partial charge < -0.3 is 20.1 Å². The first-order chi connectivity index (χ1) is 16.9. The van der Waals surface area contributed by atoms with Crippen molar-refractivity contribution in [1.29, 1.82) is 0 Å². The average Bonchev–Trinajstić information content (AvgIpc) is 2.85. The van der Waals surface area contributed by atoms with E-state index in [0.29, 0.717) is 22.7 Å². The fraction of sp³-hybridized carbons (Fsp3) is 0.154. The SMILES string of the molecule is COc1ccc(NC(=O)C(=O)N/N=C\c2cccc(OCC(=O)Nc3c(C)cccc3C)c2)cc1. The van der Waals surface area contributed by atoms with Gasteiger partial charge in [0.2, 0.25) is 0 Å². The minimum absolute atomic E-state index is 0.170. The maximum Gasteiger partial charge on any atom is 0.329 e. The Morgan fingerprint density at radius 3 is 2.23 bits per heavy atom. The number of para-hydroxylation sites is 1. The number of hydrazone groups is 1. The van der Waals surface area contributed by atoms with E-state index in [1.165, 1.54) is 13.3 Å². The lowest BCUT2D eigenvalue weighted by Gasteiger charge is -2.12. The summed E-state index contributed by atoms with van der Waals surface area (Å²) in [6.45, 7) is 3.68. The van der Waals surface area contributed by atoms with Gasteiger partial charge >= 0.3 is 11.8 Å². The molecule has 3 amide bonds. The Kier molecular flexibility index (Phi) is 8.55.